The van der Waals surface area contributed by atoms with Gasteiger partial charge in [0.2, 0.25) is 0 Å². The highest BCUT2D eigenvalue weighted by molar-refractivity contribution is 5.93. The molecule has 6 nitrogen and oxygen atoms in total. The predicted molar refractivity (Wildman–Crippen MR) is 109 cm³/mol. The van der Waals surface area contributed by atoms with Crippen molar-refractivity contribution in [3.05, 3.63) is 71.3 Å². The van der Waals surface area contributed by atoms with Crippen LogP contribution in [0, 0.1) is 0 Å². The summed E-state index contributed by atoms with van der Waals surface area (Å²) in [4.78, 5) is 16.1. The van der Waals surface area contributed by atoms with Crippen molar-refractivity contribution in [2.24, 2.45) is 4.99 Å². The van der Waals surface area contributed by atoms with E-state index in [9.17, 15) is 9.90 Å². The van der Waals surface area contributed by atoms with Crippen molar-refractivity contribution >= 4 is 11.9 Å². The Morgan fingerprint density at radius 1 is 1.07 bits per heavy atom. The highest BCUT2D eigenvalue weighted by Crippen LogP contribution is 2.14. The van der Waals surface area contributed by atoms with Crippen molar-refractivity contribution < 1.29 is 9.90 Å². The molecule has 2 aromatic carbocycles. The van der Waals surface area contributed by atoms with Crippen LogP contribution in [0.5, 0.6) is 0 Å². The maximum Gasteiger partial charge on any atom is 0.251 e. The normalized spacial score (nSPS) is 12.3. The van der Waals surface area contributed by atoms with Crippen LogP contribution in [0.4, 0.5) is 0 Å². The second kappa shape index (κ2) is 11.0. The Balaban J connectivity index is 1.87. The summed E-state index contributed by atoms with van der Waals surface area (Å²) >= 11 is 0. The minimum Gasteiger partial charge on any atom is -0.388 e. The fourth-order valence-corrected chi connectivity index (χ4v) is 2.59. The highest BCUT2D eigenvalue weighted by atomic mass is 16.3. The lowest BCUT2D eigenvalue weighted by Crippen LogP contribution is -2.38. The molecular weight excluding hydrogens is 340 g/mol. The van der Waals surface area contributed by atoms with E-state index in [0.29, 0.717) is 31.0 Å². The number of hydrogen-bond acceptors (Lipinski definition) is 3. The summed E-state index contributed by atoms with van der Waals surface area (Å²) in [5, 5.41) is 19.3. The van der Waals surface area contributed by atoms with E-state index in [1.54, 1.807) is 19.2 Å². The van der Waals surface area contributed by atoms with Gasteiger partial charge in [0.15, 0.2) is 5.96 Å². The van der Waals surface area contributed by atoms with E-state index >= 15 is 0 Å². The average molecular weight is 368 g/mol. The lowest BCUT2D eigenvalue weighted by atomic mass is 10.1. The van der Waals surface area contributed by atoms with Gasteiger partial charge in [-0.2, -0.15) is 0 Å². The molecule has 0 aliphatic carbocycles. The van der Waals surface area contributed by atoms with Gasteiger partial charge >= 0.3 is 0 Å². The Labute approximate surface area is 160 Å². The van der Waals surface area contributed by atoms with Crippen molar-refractivity contribution in [3.8, 4) is 0 Å². The van der Waals surface area contributed by atoms with E-state index in [-0.39, 0.29) is 5.91 Å². The first kappa shape index (κ1) is 20.5. The van der Waals surface area contributed by atoms with E-state index in [4.69, 9.17) is 0 Å². The molecule has 4 N–H and O–H groups in total. The molecule has 0 radical (unpaired) electrons. The Bertz CT molecular complexity index is 730. The number of nitrogens with zero attached hydrogens (tertiary/aromatic N) is 1. The lowest BCUT2D eigenvalue weighted by molar-refractivity contribution is 0.0963. The van der Waals surface area contributed by atoms with Crippen LogP contribution in [0.2, 0.25) is 0 Å². The average Bonchev–Trinajstić information content (AvgIpc) is 2.72. The van der Waals surface area contributed by atoms with Gasteiger partial charge in [-0.3, -0.25) is 4.79 Å². The summed E-state index contributed by atoms with van der Waals surface area (Å²) in [5.74, 6) is 0.602. The van der Waals surface area contributed by atoms with Crippen molar-refractivity contribution in [2.45, 2.75) is 26.0 Å². The number of guanidine groups is 1. The zero-order valence-electron chi connectivity index (χ0n) is 15.9. The number of nitrogens with one attached hydrogen (secondary N) is 3. The summed E-state index contributed by atoms with van der Waals surface area (Å²) in [6.45, 7) is 3.87. The monoisotopic (exact) mass is 368 g/mol. The first-order valence-corrected chi connectivity index (χ1v) is 9.20. The first-order chi connectivity index (χ1) is 13.1. The smallest absolute Gasteiger partial charge is 0.251 e. The first-order valence-electron chi connectivity index (χ1n) is 9.20. The van der Waals surface area contributed by atoms with Crippen LogP contribution in [0.25, 0.3) is 0 Å². The maximum absolute atomic E-state index is 11.6. The highest BCUT2D eigenvalue weighted by Gasteiger charge is 2.07. The molecule has 1 amide bonds. The van der Waals surface area contributed by atoms with Gasteiger partial charge in [0, 0.05) is 25.7 Å². The molecule has 0 saturated carbocycles. The van der Waals surface area contributed by atoms with Gasteiger partial charge in [-0.1, -0.05) is 42.5 Å². The van der Waals surface area contributed by atoms with Crippen molar-refractivity contribution in [2.75, 3.05) is 20.1 Å². The van der Waals surface area contributed by atoms with Crippen LogP contribution >= 0.6 is 0 Å². The number of carbonyl (C=O) groups excluding carboxylic acids is 1. The second-order valence-corrected chi connectivity index (χ2v) is 6.11. The van der Waals surface area contributed by atoms with Gasteiger partial charge in [-0.05, 0) is 36.6 Å². The molecule has 0 saturated heterocycles. The third-order valence-corrected chi connectivity index (χ3v) is 4.10. The van der Waals surface area contributed by atoms with Crippen LogP contribution in [-0.2, 0) is 6.54 Å². The summed E-state index contributed by atoms with van der Waals surface area (Å²) in [6.07, 6.45) is 0.0914. The third kappa shape index (κ3) is 6.75. The van der Waals surface area contributed by atoms with Gasteiger partial charge in [0.1, 0.15) is 0 Å². The van der Waals surface area contributed by atoms with E-state index in [1.165, 1.54) is 0 Å². The quantitative estimate of drug-likeness (QED) is 0.425. The zero-order chi connectivity index (χ0) is 19.5. The van der Waals surface area contributed by atoms with Crippen LogP contribution in [0.15, 0.2) is 59.6 Å². The molecular formula is C21H28N4O2. The molecule has 2 rings (SSSR count). The molecule has 0 fully saturated rings. The Morgan fingerprint density at radius 2 is 1.78 bits per heavy atom. The number of benzene rings is 2. The lowest BCUT2D eigenvalue weighted by Gasteiger charge is -2.14. The van der Waals surface area contributed by atoms with Crippen LogP contribution in [0.1, 0.15) is 40.9 Å². The van der Waals surface area contributed by atoms with E-state index in [2.05, 4.69) is 20.9 Å². The summed E-state index contributed by atoms with van der Waals surface area (Å²) in [5.41, 5.74) is 2.56. The topological polar surface area (TPSA) is 85.8 Å². The summed E-state index contributed by atoms with van der Waals surface area (Å²) in [6, 6.07) is 17.0. The largest absolute Gasteiger partial charge is 0.388 e. The predicted octanol–water partition coefficient (Wildman–Crippen LogP) is 2.22. The van der Waals surface area contributed by atoms with E-state index in [1.807, 2.05) is 49.4 Å². The molecule has 0 aliphatic heterocycles. The fourth-order valence-electron chi connectivity index (χ4n) is 2.59. The molecule has 1 atom stereocenters. The van der Waals surface area contributed by atoms with E-state index < -0.39 is 6.10 Å². The number of aliphatic hydroxyl groups excluding tert-OH is 1. The Kier molecular flexibility index (Phi) is 8.32. The number of hydrogen-bond donors (Lipinski definition) is 4. The molecule has 0 heterocycles. The van der Waals surface area contributed by atoms with Gasteiger partial charge in [0.25, 0.3) is 5.91 Å². The van der Waals surface area contributed by atoms with Crippen LogP contribution in [-0.4, -0.2) is 37.1 Å². The molecule has 6 heteroatoms. The van der Waals surface area contributed by atoms with Crippen molar-refractivity contribution in [3.63, 3.8) is 0 Å². The number of aliphatic imine (C=N–C) groups is 1. The SMILES string of the molecule is CCNC(=NCc1ccc(C(=O)NC)cc1)NCCC(O)c1ccccc1. The molecule has 27 heavy (non-hydrogen) atoms. The van der Waals surface area contributed by atoms with Crippen molar-refractivity contribution in [1.82, 2.24) is 16.0 Å². The van der Waals surface area contributed by atoms with Gasteiger partial charge in [-0.15, -0.1) is 0 Å². The molecule has 1 unspecified atom stereocenters. The molecule has 0 bridgehead atoms. The van der Waals surface area contributed by atoms with Crippen molar-refractivity contribution in [1.29, 1.82) is 0 Å². The number of rotatable bonds is 8. The summed E-state index contributed by atoms with van der Waals surface area (Å²) in [7, 11) is 1.61. The number of amides is 1. The maximum atomic E-state index is 11.6. The minimum atomic E-state index is -0.501. The standard InChI is InChI=1S/C21H28N4O2/c1-3-23-21(24-14-13-19(26)17-7-5-4-6-8-17)25-15-16-9-11-18(12-10-16)20(27)22-2/h4-12,19,26H,3,13-15H2,1-2H3,(H,22,27)(H2,23,24,25). The van der Waals surface area contributed by atoms with Gasteiger partial charge in [0.05, 0.1) is 12.6 Å². The summed E-state index contributed by atoms with van der Waals surface area (Å²) < 4.78 is 0. The number of carbonyl (C=O) groups is 1. The van der Waals surface area contributed by atoms with Crippen LogP contribution < -0.4 is 16.0 Å². The molecule has 144 valence electrons. The molecule has 0 aliphatic rings. The van der Waals surface area contributed by atoms with Crippen LogP contribution in [0.3, 0.4) is 0 Å². The van der Waals surface area contributed by atoms with Gasteiger partial charge in [-0.25, -0.2) is 4.99 Å². The molecule has 2 aromatic rings. The third-order valence-electron chi connectivity index (χ3n) is 4.10. The minimum absolute atomic E-state index is 0.1000. The van der Waals surface area contributed by atoms with Gasteiger partial charge < -0.3 is 21.1 Å². The van der Waals surface area contributed by atoms with E-state index in [0.717, 1.165) is 17.7 Å². The zero-order valence-corrected chi connectivity index (χ0v) is 15.9. The Hall–Kier alpha value is -2.86. The molecule has 0 spiro atoms. The molecule has 0 aromatic heterocycles. The number of aliphatic hydroxyl groups is 1. The fraction of sp³-hybridized carbons (Fsp3) is 0.333. The Morgan fingerprint density at radius 3 is 2.41 bits per heavy atom. The second-order valence-electron chi connectivity index (χ2n) is 6.11.